The van der Waals surface area contributed by atoms with E-state index >= 15 is 0 Å². The molecule has 2 aromatic rings. The van der Waals surface area contributed by atoms with E-state index in [1.165, 1.54) is 10.6 Å². The van der Waals surface area contributed by atoms with Gasteiger partial charge in [-0.3, -0.25) is 0 Å². The molecule has 1 aromatic heterocycles. The first-order valence-corrected chi connectivity index (χ1v) is 6.84. The molecule has 1 aliphatic heterocycles. The summed E-state index contributed by atoms with van der Waals surface area (Å²) in [6.07, 6.45) is 0. The highest BCUT2D eigenvalue weighted by Crippen LogP contribution is 2.56. The zero-order valence-corrected chi connectivity index (χ0v) is 10.2. The Morgan fingerprint density at radius 1 is 1.06 bits per heavy atom. The fraction of sp³-hybridized carbons (Fsp3) is 0.385. The number of piperidine rings is 1. The zero-order chi connectivity index (χ0) is 11.2. The Morgan fingerprint density at radius 3 is 2.59 bits per heavy atom. The van der Waals surface area contributed by atoms with Crippen molar-refractivity contribution in [3.05, 3.63) is 35.3 Å². The van der Waals surface area contributed by atoms with E-state index < -0.39 is 0 Å². The molecular weight excluding hydrogens is 230 g/mol. The van der Waals surface area contributed by atoms with Gasteiger partial charge in [-0.1, -0.05) is 41.7 Å². The minimum atomic E-state index is 0.686. The Balaban J connectivity index is 1.62. The van der Waals surface area contributed by atoms with Crippen molar-refractivity contribution in [3.8, 4) is 10.6 Å². The molecule has 1 aromatic carbocycles. The molecule has 2 atom stereocenters. The minimum Gasteiger partial charge on any atom is -0.316 e. The molecule has 2 aliphatic rings. The van der Waals surface area contributed by atoms with Crippen LogP contribution >= 0.6 is 11.3 Å². The molecule has 0 spiro atoms. The summed E-state index contributed by atoms with van der Waals surface area (Å²) in [4.78, 5) is 0. The molecular formula is C13H13N3S. The lowest BCUT2D eigenvalue weighted by molar-refractivity contribution is 0.678. The summed E-state index contributed by atoms with van der Waals surface area (Å²) in [7, 11) is 0. The van der Waals surface area contributed by atoms with Crippen LogP contribution in [0.1, 0.15) is 10.9 Å². The SMILES string of the molecule is c1ccc(-c2nnc(C3C4CNCC43)s2)cc1. The molecule has 1 saturated carbocycles. The summed E-state index contributed by atoms with van der Waals surface area (Å²) >= 11 is 1.76. The predicted octanol–water partition coefficient (Wildman–Crippen LogP) is 2.14. The molecule has 17 heavy (non-hydrogen) atoms. The van der Waals surface area contributed by atoms with Crippen LogP contribution in [0.5, 0.6) is 0 Å². The molecule has 2 heterocycles. The topological polar surface area (TPSA) is 37.8 Å². The average Bonchev–Trinajstić information content (AvgIpc) is 2.81. The van der Waals surface area contributed by atoms with Crippen LogP contribution in [0.15, 0.2) is 30.3 Å². The minimum absolute atomic E-state index is 0.686. The van der Waals surface area contributed by atoms with Crippen molar-refractivity contribution in [2.75, 3.05) is 13.1 Å². The van der Waals surface area contributed by atoms with Crippen LogP contribution in [0.25, 0.3) is 10.6 Å². The van der Waals surface area contributed by atoms with Crippen LogP contribution in [-0.4, -0.2) is 23.3 Å². The monoisotopic (exact) mass is 243 g/mol. The molecule has 3 nitrogen and oxygen atoms in total. The second-order valence-electron chi connectivity index (χ2n) is 4.82. The number of nitrogens with zero attached hydrogens (tertiary/aromatic N) is 2. The van der Waals surface area contributed by atoms with Gasteiger partial charge in [-0.2, -0.15) is 0 Å². The Labute approximate surface area is 104 Å². The summed E-state index contributed by atoms with van der Waals surface area (Å²) in [5.41, 5.74) is 1.18. The van der Waals surface area contributed by atoms with E-state index in [1.54, 1.807) is 11.3 Å². The average molecular weight is 243 g/mol. The van der Waals surface area contributed by atoms with Gasteiger partial charge in [0.15, 0.2) is 0 Å². The van der Waals surface area contributed by atoms with E-state index in [1.807, 2.05) is 18.2 Å². The molecule has 1 N–H and O–H groups in total. The predicted molar refractivity (Wildman–Crippen MR) is 67.9 cm³/mol. The highest BCUT2D eigenvalue weighted by Gasteiger charge is 2.55. The molecule has 4 heteroatoms. The number of nitrogens with one attached hydrogen (secondary N) is 1. The maximum absolute atomic E-state index is 4.38. The van der Waals surface area contributed by atoms with E-state index in [-0.39, 0.29) is 0 Å². The van der Waals surface area contributed by atoms with Crippen molar-refractivity contribution in [3.63, 3.8) is 0 Å². The zero-order valence-electron chi connectivity index (χ0n) is 9.34. The first kappa shape index (κ1) is 9.74. The van der Waals surface area contributed by atoms with Crippen LogP contribution in [0.4, 0.5) is 0 Å². The normalized spacial score (nSPS) is 30.2. The molecule has 1 saturated heterocycles. The highest BCUT2D eigenvalue weighted by atomic mass is 32.1. The molecule has 2 unspecified atom stereocenters. The van der Waals surface area contributed by atoms with Crippen LogP contribution in [0.3, 0.4) is 0 Å². The van der Waals surface area contributed by atoms with Gasteiger partial charge >= 0.3 is 0 Å². The lowest BCUT2D eigenvalue weighted by atomic mass is 10.2. The lowest BCUT2D eigenvalue weighted by Gasteiger charge is -1.98. The van der Waals surface area contributed by atoms with Crippen molar-refractivity contribution in [1.29, 1.82) is 0 Å². The summed E-state index contributed by atoms with van der Waals surface area (Å²) in [6, 6.07) is 10.3. The number of hydrogen-bond donors (Lipinski definition) is 1. The van der Waals surface area contributed by atoms with Crippen LogP contribution in [0, 0.1) is 11.8 Å². The van der Waals surface area contributed by atoms with E-state index in [4.69, 9.17) is 0 Å². The molecule has 86 valence electrons. The van der Waals surface area contributed by atoms with E-state index in [0.717, 1.165) is 29.9 Å². The Bertz CT molecular complexity index is 527. The molecule has 1 aliphatic carbocycles. The third-order valence-electron chi connectivity index (χ3n) is 3.84. The number of rotatable bonds is 2. The smallest absolute Gasteiger partial charge is 0.147 e. The maximum atomic E-state index is 4.38. The lowest BCUT2D eigenvalue weighted by Crippen LogP contribution is -2.13. The largest absolute Gasteiger partial charge is 0.316 e. The number of benzene rings is 1. The van der Waals surface area contributed by atoms with Gasteiger partial charge in [0, 0.05) is 11.5 Å². The van der Waals surface area contributed by atoms with Crippen molar-refractivity contribution < 1.29 is 0 Å². The summed E-state index contributed by atoms with van der Waals surface area (Å²) in [5, 5.41) is 14.4. The van der Waals surface area contributed by atoms with Gasteiger partial charge in [-0.15, -0.1) is 10.2 Å². The molecule has 2 fully saturated rings. The first-order valence-electron chi connectivity index (χ1n) is 6.03. The van der Waals surface area contributed by atoms with Crippen molar-refractivity contribution >= 4 is 11.3 Å². The van der Waals surface area contributed by atoms with Crippen molar-refractivity contribution in [1.82, 2.24) is 15.5 Å². The number of hydrogen-bond acceptors (Lipinski definition) is 4. The van der Waals surface area contributed by atoms with E-state index in [9.17, 15) is 0 Å². The summed E-state index contributed by atoms with van der Waals surface area (Å²) in [5.74, 6) is 2.34. The van der Waals surface area contributed by atoms with E-state index in [2.05, 4.69) is 27.6 Å². The standard InChI is InChI=1S/C13H13N3S/c1-2-4-8(5-3-1)12-15-16-13(17-12)11-9-6-14-7-10(9)11/h1-5,9-11,14H,6-7H2. The second kappa shape index (κ2) is 3.62. The van der Waals surface area contributed by atoms with E-state index in [0.29, 0.717) is 5.92 Å². The molecule has 0 amide bonds. The van der Waals surface area contributed by atoms with Gasteiger partial charge in [0.05, 0.1) is 0 Å². The van der Waals surface area contributed by atoms with Gasteiger partial charge in [0.1, 0.15) is 10.0 Å². The van der Waals surface area contributed by atoms with Gasteiger partial charge in [0.25, 0.3) is 0 Å². The Kier molecular flexibility index (Phi) is 2.07. The first-order chi connectivity index (χ1) is 8.43. The molecule has 4 rings (SSSR count). The Morgan fingerprint density at radius 2 is 1.82 bits per heavy atom. The highest BCUT2D eigenvalue weighted by molar-refractivity contribution is 7.14. The fourth-order valence-corrected chi connectivity index (χ4v) is 3.95. The maximum Gasteiger partial charge on any atom is 0.147 e. The van der Waals surface area contributed by atoms with Gasteiger partial charge in [-0.25, -0.2) is 0 Å². The fourth-order valence-electron chi connectivity index (χ4n) is 2.85. The second-order valence-corrected chi connectivity index (χ2v) is 5.83. The van der Waals surface area contributed by atoms with Crippen molar-refractivity contribution in [2.24, 2.45) is 11.8 Å². The van der Waals surface area contributed by atoms with Gasteiger partial charge in [0.2, 0.25) is 0 Å². The Hall–Kier alpha value is -1.26. The molecule has 0 bridgehead atoms. The van der Waals surface area contributed by atoms with Gasteiger partial charge < -0.3 is 5.32 Å². The van der Waals surface area contributed by atoms with Crippen LogP contribution in [-0.2, 0) is 0 Å². The summed E-state index contributed by atoms with van der Waals surface area (Å²) < 4.78 is 0. The van der Waals surface area contributed by atoms with Crippen LogP contribution in [0.2, 0.25) is 0 Å². The quantitative estimate of drug-likeness (QED) is 0.878. The summed E-state index contributed by atoms with van der Waals surface area (Å²) in [6.45, 7) is 2.32. The number of fused-ring (bicyclic) bond motifs is 1. The van der Waals surface area contributed by atoms with Crippen molar-refractivity contribution in [2.45, 2.75) is 5.92 Å². The molecule has 0 radical (unpaired) electrons. The van der Waals surface area contributed by atoms with Gasteiger partial charge in [-0.05, 0) is 24.9 Å². The number of aromatic nitrogens is 2. The van der Waals surface area contributed by atoms with Crippen LogP contribution < -0.4 is 5.32 Å². The third kappa shape index (κ3) is 1.51. The third-order valence-corrected chi connectivity index (χ3v) is 4.91.